The number of anilines is 1. The number of piperidine rings is 2. The predicted octanol–water partition coefficient (Wildman–Crippen LogP) is 2.87. The highest BCUT2D eigenvalue weighted by Crippen LogP contribution is 2.36. The van der Waals surface area contributed by atoms with Crippen molar-refractivity contribution in [2.75, 3.05) is 24.5 Å². The Labute approximate surface area is 144 Å². The quantitative estimate of drug-likeness (QED) is 0.837. The minimum atomic E-state index is 0.114. The summed E-state index contributed by atoms with van der Waals surface area (Å²) in [6.07, 6.45) is 13.3. The van der Waals surface area contributed by atoms with Gasteiger partial charge in [-0.15, -0.1) is 0 Å². The van der Waals surface area contributed by atoms with E-state index in [0.717, 1.165) is 44.3 Å². The number of aromatic nitrogens is 2. The van der Waals surface area contributed by atoms with Crippen LogP contribution in [0.1, 0.15) is 51.4 Å². The van der Waals surface area contributed by atoms with Gasteiger partial charge in [0.05, 0.1) is 5.92 Å². The molecule has 0 radical (unpaired) electrons. The zero-order chi connectivity index (χ0) is 16.4. The molecule has 2 saturated heterocycles. The molecule has 0 spiro atoms. The SMILES string of the molecule is O=C([C@@H]1CCCN(c2ncccn2)C1)N1CCC[C@H]2CCCC[C@@H]21. The van der Waals surface area contributed by atoms with E-state index < -0.39 is 0 Å². The molecule has 5 heteroatoms. The van der Waals surface area contributed by atoms with Gasteiger partial charge in [-0.1, -0.05) is 12.8 Å². The van der Waals surface area contributed by atoms with E-state index >= 15 is 0 Å². The van der Waals surface area contributed by atoms with E-state index in [0.29, 0.717) is 11.9 Å². The van der Waals surface area contributed by atoms with Gasteiger partial charge in [0.25, 0.3) is 0 Å². The van der Waals surface area contributed by atoms with Crippen LogP contribution in [0, 0.1) is 11.8 Å². The summed E-state index contributed by atoms with van der Waals surface area (Å²) in [4.78, 5) is 26.4. The Kier molecular flexibility index (Phi) is 4.67. The van der Waals surface area contributed by atoms with Crippen molar-refractivity contribution in [3.05, 3.63) is 18.5 Å². The average Bonchev–Trinajstić information content (AvgIpc) is 2.68. The van der Waals surface area contributed by atoms with Gasteiger partial charge in [-0.05, 0) is 50.5 Å². The van der Waals surface area contributed by atoms with Crippen molar-refractivity contribution < 1.29 is 4.79 Å². The van der Waals surface area contributed by atoms with Crippen LogP contribution in [-0.2, 0) is 4.79 Å². The van der Waals surface area contributed by atoms with E-state index in [4.69, 9.17) is 0 Å². The lowest BCUT2D eigenvalue weighted by atomic mass is 9.77. The van der Waals surface area contributed by atoms with Crippen LogP contribution in [0.2, 0.25) is 0 Å². The normalized spacial score (nSPS) is 30.8. The Hall–Kier alpha value is -1.65. The van der Waals surface area contributed by atoms with Gasteiger partial charge in [-0.2, -0.15) is 0 Å². The summed E-state index contributed by atoms with van der Waals surface area (Å²) in [5.41, 5.74) is 0. The van der Waals surface area contributed by atoms with Crippen LogP contribution in [0.5, 0.6) is 0 Å². The molecule has 24 heavy (non-hydrogen) atoms. The maximum absolute atomic E-state index is 13.2. The van der Waals surface area contributed by atoms with Crippen molar-refractivity contribution in [1.29, 1.82) is 0 Å². The molecule has 5 nitrogen and oxygen atoms in total. The van der Waals surface area contributed by atoms with E-state index in [9.17, 15) is 4.79 Å². The van der Waals surface area contributed by atoms with Crippen LogP contribution in [0.15, 0.2) is 18.5 Å². The lowest BCUT2D eigenvalue weighted by molar-refractivity contribution is -0.142. The molecule has 0 aromatic carbocycles. The van der Waals surface area contributed by atoms with E-state index in [1.165, 1.54) is 38.5 Å². The molecule has 0 unspecified atom stereocenters. The molecule has 4 rings (SSSR count). The molecule has 3 heterocycles. The fourth-order valence-electron chi connectivity index (χ4n) is 4.95. The van der Waals surface area contributed by atoms with Gasteiger partial charge >= 0.3 is 0 Å². The first-order chi connectivity index (χ1) is 11.8. The van der Waals surface area contributed by atoms with Gasteiger partial charge in [0.1, 0.15) is 0 Å². The van der Waals surface area contributed by atoms with Crippen LogP contribution < -0.4 is 4.90 Å². The topological polar surface area (TPSA) is 49.3 Å². The van der Waals surface area contributed by atoms with E-state index in [-0.39, 0.29) is 5.92 Å². The third-order valence-electron chi connectivity index (χ3n) is 6.13. The van der Waals surface area contributed by atoms with Crippen LogP contribution >= 0.6 is 0 Å². The third-order valence-corrected chi connectivity index (χ3v) is 6.13. The van der Waals surface area contributed by atoms with Crippen molar-refractivity contribution in [2.45, 2.75) is 57.4 Å². The van der Waals surface area contributed by atoms with Crippen LogP contribution in [0.25, 0.3) is 0 Å². The van der Waals surface area contributed by atoms with E-state index in [1.807, 2.05) is 6.07 Å². The van der Waals surface area contributed by atoms with Gasteiger partial charge in [0.2, 0.25) is 11.9 Å². The number of fused-ring (bicyclic) bond motifs is 1. The van der Waals surface area contributed by atoms with Crippen molar-refractivity contribution >= 4 is 11.9 Å². The second-order valence-electron chi connectivity index (χ2n) is 7.62. The number of likely N-dealkylation sites (tertiary alicyclic amines) is 1. The van der Waals surface area contributed by atoms with Gasteiger partial charge in [0, 0.05) is 38.1 Å². The van der Waals surface area contributed by atoms with Crippen LogP contribution in [0.4, 0.5) is 5.95 Å². The van der Waals surface area contributed by atoms with Crippen LogP contribution in [-0.4, -0.2) is 46.5 Å². The maximum atomic E-state index is 13.2. The third kappa shape index (κ3) is 3.13. The van der Waals surface area contributed by atoms with Crippen molar-refractivity contribution in [3.63, 3.8) is 0 Å². The Morgan fingerprint density at radius 1 is 0.958 bits per heavy atom. The summed E-state index contributed by atoms with van der Waals surface area (Å²) in [6, 6.07) is 2.36. The number of carbonyl (C=O) groups excluding carboxylic acids is 1. The lowest BCUT2D eigenvalue weighted by Gasteiger charge is -2.46. The second-order valence-corrected chi connectivity index (χ2v) is 7.62. The summed E-state index contributed by atoms with van der Waals surface area (Å²) >= 11 is 0. The molecule has 130 valence electrons. The largest absolute Gasteiger partial charge is 0.340 e. The number of carbonyl (C=O) groups is 1. The molecule has 1 aromatic heterocycles. The van der Waals surface area contributed by atoms with Crippen molar-refractivity contribution in [3.8, 4) is 0 Å². The average molecular weight is 328 g/mol. The number of rotatable bonds is 2. The highest BCUT2D eigenvalue weighted by Gasteiger charge is 2.39. The second kappa shape index (κ2) is 7.08. The fourth-order valence-corrected chi connectivity index (χ4v) is 4.95. The summed E-state index contributed by atoms with van der Waals surface area (Å²) in [5.74, 6) is 2.04. The first-order valence-corrected chi connectivity index (χ1v) is 9.65. The summed E-state index contributed by atoms with van der Waals surface area (Å²) in [7, 11) is 0. The zero-order valence-corrected chi connectivity index (χ0v) is 14.4. The highest BCUT2D eigenvalue weighted by atomic mass is 16.2. The predicted molar refractivity (Wildman–Crippen MR) is 93.7 cm³/mol. The molecule has 1 aromatic rings. The first kappa shape index (κ1) is 15.9. The van der Waals surface area contributed by atoms with Gasteiger partial charge in [0.15, 0.2) is 0 Å². The Balaban J connectivity index is 1.45. The molecule has 1 amide bonds. The van der Waals surface area contributed by atoms with Crippen molar-refractivity contribution in [2.24, 2.45) is 11.8 Å². The minimum Gasteiger partial charge on any atom is -0.340 e. The van der Waals surface area contributed by atoms with Gasteiger partial charge in [-0.3, -0.25) is 4.79 Å². The van der Waals surface area contributed by atoms with Gasteiger partial charge < -0.3 is 9.80 Å². The lowest BCUT2D eigenvalue weighted by Crippen LogP contribution is -2.53. The molecule has 3 atom stereocenters. The molecule has 3 fully saturated rings. The Morgan fingerprint density at radius 2 is 1.71 bits per heavy atom. The summed E-state index contributed by atoms with van der Waals surface area (Å²) < 4.78 is 0. The Bertz CT molecular complexity index is 562. The molecule has 0 bridgehead atoms. The first-order valence-electron chi connectivity index (χ1n) is 9.65. The molecule has 0 N–H and O–H groups in total. The number of nitrogens with zero attached hydrogens (tertiary/aromatic N) is 4. The molecule has 3 aliphatic rings. The number of amides is 1. The van der Waals surface area contributed by atoms with E-state index in [2.05, 4.69) is 19.8 Å². The molecular formula is C19H28N4O. The smallest absolute Gasteiger partial charge is 0.227 e. The number of hydrogen-bond donors (Lipinski definition) is 0. The minimum absolute atomic E-state index is 0.114. The Morgan fingerprint density at radius 3 is 2.58 bits per heavy atom. The van der Waals surface area contributed by atoms with Gasteiger partial charge in [-0.25, -0.2) is 9.97 Å². The monoisotopic (exact) mass is 328 g/mol. The molecule has 2 aliphatic heterocycles. The number of hydrogen-bond acceptors (Lipinski definition) is 4. The molecular weight excluding hydrogens is 300 g/mol. The maximum Gasteiger partial charge on any atom is 0.227 e. The van der Waals surface area contributed by atoms with Crippen molar-refractivity contribution in [1.82, 2.24) is 14.9 Å². The zero-order valence-electron chi connectivity index (χ0n) is 14.4. The van der Waals surface area contributed by atoms with E-state index in [1.54, 1.807) is 12.4 Å². The molecule has 1 aliphatic carbocycles. The highest BCUT2D eigenvalue weighted by molar-refractivity contribution is 5.80. The summed E-state index contributed by atoms with van der Waals surface area (Å²) in [5, 5.41) is 0. The fraction of sp³-hybridized carbons (Fsp3) is 0.737. The molecule has 1 saturated carbocycles. The standard InChI is InChI=1S/C19H28N4O/c24-18(23-13-4-7-15-6-1-2-9-17(15)23)16-8-3-12-22(14-16)19-20-10-5-11-21-19/h5,10-11,15-17H,1-4,6-9,12-14H2/t15-,16-,17+/m1/s1. The summed E-state index contributed by atoms with van der Waals surface area (Å²) in [6.45, 7) is 2.70. The van der Waals surface area contributed by atoms with Crippen LogP contribution in [0.3, 0.4) is 0 Å².